The summed E-state index contributed by atoms with van der Waals surface area (Å²) in [5, 5.41) is 6.51. The fourth-order valence-electron chi connectivity index (χ4n) is 2.37. The first-order valence-electron chi connectivity index (χ1n) is 8.30. The maximum absolute atomic E-state index is 12.3. The zero-order chi connectivity index (χ0) is 19.2. The molecule has 0 fully saturated rings. The normalized spacial score (nSPS) is 10.3. The molecule has 0 bridgehead atoms. The smallest absolute Gasteiger partial charge is 0.338 e. The van der Waals surface area contributed by atoms with E-state index in [9.17, 15) is 9.59 Å². The minimum Gasteiger partial charge on any atom is -0.497 e. The lowest BCUT2D eigenvalue weighted by Gasteiger charge is -2.05. The van der Waals surface area contributed by atoms with Crippen LogP contribution in [0.5, 0.6) is 5.75 Å². The van der Waals surface area contributed by atoms with Crippen LogP contribution in [0.15, 0.2) is 59.1 Å². The zero-order valence-electron chi connectivity index (χ0n) is 14.9. The number of carbonyl (C=O) groups is 2. The number of carbonyl (C=O) groups excluding carboxylic acids is 2. The first-order chi connectivity index (χ1) is 13.1. The molecule has 3 aromatic rings. The SMILES string of the molecule is CCOC(=O)c1ccc(NC(=O)c2cc(-c3ccc(OC)cc3)on2)cc1. The number of nitrogens with one attached hydrogen (secondary N) is 1. The molecule has 0 atom stereocenters. The lowest BCUT2D eigenvalue weighted by Crippen LogP contribution is -2.12. The first-order valence-corrected chi connectivity index (χ1v) is 8.30. The molecule has 7 nitrogen and oxygen atoms in total. The minimum absolute atomic E-state index is 0.148. The van der Waals surface area contributed by atoms with E-state index in [1.165, 1.54) is 0 Å². The summed E-state index contributed by atoms with van der Waals surface area (Å²) in [4.78, 5) is 24.0. The summed E-state index contributed by atoms with van der Waals surface area (Å²) in [6, 6.07) is 15.2. The van der Waals surface area contributed by atoms with Crippen LogP contribution in [0.25, 0.3) is 11.3 Å². The molecule has 0 saturated heterocycles. The van der Waals surface area contributed by atoms with Crippen LogP contribution >= 0.6 is 0 Å². The van der Waals surface area contributed by atoms with Crippen molar-refractivity contribution in [2.24, 2.45) is 0 Å². The fraction of sp³-hybridized carbons (Fsp3) is 0.150. The molecule has 3 rings (SSSR count). The highest BCUT2D eigenvalue weighted by molar-refractivity contribution is 6.03. The van der Waals surface area contributed by atoms with Crippen LogP contribution in [0.2, 0.25) is 0 Å². The number of methoxy groups -OCH3 is 1. The Kier molecular flexibility index (Phi) is 5.51. The molecule has 0 aliphatic carbocycles. The lowest BCUT2D eigenvalue weighted by molar-refractivity contribution is 0.0526. The Bertz CT molecular complexity index is 930. The van der Waals surface area contributed by atoms with Gasteiger partial charge in [-0.05, 0) is 55.5 Å². The van der Waals surface area contributed by atoms with E-state index in [2.05, 4.69) is 10.5 Å². The standard InChI is InChI=1S/C20H18N2O5/c1-3-26-20(24)14-4-8-15(9-5-14)21-19(23)17-12-18(27-22-17)13-6-10-16(25-2)11-7-13/h4-12H,3H2,1-2H3,(H,21,23). The van der Waals surface area contributed by atoms with Crippen LogP contribution in [-0.4, -0.2) is 30.7 Å². The van der Waals surface area contributed by atoms with Gasteiger partial charge >= 0.3 is 5.97 Å². The van der Waals surface area contributed by atoms with Gasteiger partial charge in [-0.3, -0.25) is 4.79 Å². The molecule has 138 valence electrons. The molecule has 0 unspecified atom stereocenters. The molecule has 1 heterocycles. The number of aromatic nitrogens is 1. The fourth-order valence-corrected chi connectivity index (χ4v) is 2.37. The topological polar surface area (TPSA) is 90.7 Å². The number of benzene rings is 2. The maximum atomic E-state index is 12.3. The summed E-state index contributed by atoms with van der Waals surface area (Å²) in [5.74, 6) is 0.376. The van der Waals surface area contributed by atoms with E-state index < -0.39 is 11.9 Å². The van der Waals surface area contributed by atoms with E-state index in [0.717, 1.165) is 11.3 Å². The van der Waals surface area contributed by atoms with Gasteiger partial charge in [0, 0.05) is 17.3 Å². The second-order valence-corrected chi connectivity index (χ2v) is 5.56. The largest absolute Gasteiger partial charge is 0.497 e. The molecule has 2 aromatic carbocycles. The third-order valence-electron chi connectivity index (χ3n) is 3.77. The van der Waals surface area contributed by atoms with Gasteiger partial charge in [-0.2, -0.15) is 0 Å². The summed E-state index contributed by atoms with van der Waals surface area (Å²) in [7, 11) is 1.59. The highest BCUT2D eigenvalue weighted by Crippen LogP contribution is 2.23. The molecule has 0 spiro atoms. The number of rotatable bonds is 6. The number of esters is 1. The van der Waals surface area contributed by atoms with Gasteiger partial charge in [-0.15, -0.1) is 0 Å². The van der Waals surface area contributed by atoms with Crippen LogP contribution in [0.3, 0.4) is 0 Å². The number of anilines is 1. The Hall–Kier alpha value is -3.61. The Morgan fingerprint density at radius 2 is 1.78 bits per heavy atom. The van der Waals surface area contributed by atoms with Gasteiger partial charge in [0.25, 0.3) is 5.91 Å². The van der Waals surface area contributed by atoms with Crippen molar-refractivity contribution < 1.29 is 23.6 Å². The summed E-state index contributed by atoms with van der Waals surface area (Å²) >= 11 is 0. The molecule has 27 heavy (non-hydrogen) atoms. The second-order valence-electron chi connectivity index (χ2n) is 5.56. The van der Waals surface area contributed by atoms with Crippen LogP contribution in [0, 0.1) is 0 Å². The van der Waals surface area contributed by atoms with Gasteiger partial charge in [0.05, 0.1) is 19.3 Å². The van der Waals surface area contributed by atoms with Crippen molar-refractivity contribution >= 4 is 17.6 Å². The van der Waals surface area contributed by atoms with Crippen molar-refractivity contribution in [3.8, 4) is 17.1 Å². The number of hydrogen-bond acceptors (Lipinski definition) is 6. The molecular formula is C20H18N2O5. The van der Waals surface area contributed by atoms with Gasteiger partial charge < -0.3 is 19.3 Å². The van der Waals surface area contributed by atoms with E-state index >= 15 is 0 Å². The van der Waals surface area contributed by atoms with Crippen LogP contribution < -0.4 is 10.1 Å². The summed E-state index contributed by atoms with van der Waals surface area (Å²) in [6.07, 6.45) is 0. The van der Waals surface area contributed by atoms with E-state index in [1.807, 2.05) is 12.1 Å². The second kappa shape index (κ2) is 8.18. The molecule has 0 aliphatic heterocycles. The molecule has 1 N–H and O–H groups in total. The first kappa shape index (κ1) is 18.2. The Morgan fingerprint density at radius 1 is 1.07 bits per heavy atom. The van der Waals surface area contributed by atoms with Crippen molar-refractivity contribution in [3.05, 3.63) is 65.9 Å². The average molecular weight is 366 g/mol. The number of amides is 1. The Labute approximate surface area is 155 Å². The summed E-state index contributed by atoms with van der Waals surface area (Å²) in [5.41, 5.74) is 1.87. The van der Waals surface area contributed by atoms with Crippen LogP contribution in [-0.2, 0) is 4.74 Å². The predicted octanol–water partition coefficient (Wildman–Crippen LogP) is 3.78. The Morgan fingerprint density at radius 3 is 2.41 bits per heavy atom. The van der Waals surface area contributed by atoms with E-state index in [1.54, 1.807) is 56.5 Å². The van der Waals surface area contributed by atoms with Crippen molar-refractivity contribution in [1.29, 1.82) is 0 Å². The van der Waals surface area contributed by atoms with Crippen molar-refractivity contribution in [3.63, 3.8) is 0 Å². The molecule has 0 radical (unpaired) electrons. The van der Waals surface area contributed by atoms with Crippen LogP contribution in [0.4, 0.5) is 5.69 Å². The predicted molar refractivity (Wildman–Crippen MR) is 98.8 cm³/mol. The third-order valence-corrected chi connectivity index (χ3v) is 3.77. The number of ether oxygens (including phenoxy) is 2. The van der Waals surface area contributed by atoms with Gasteiger partial charge in [0.2, 0.25) is 0 Å². The molecular weight excluding hydrogens is 348 g/mol. The average Bonchev–Trinajstić information content (AvgIpc) is 3.19. The monoisotopic (exact) mass is 366 g/mol. The number of hydrogen-bond donors (Lipinski definition) is 1. The molecule has 0 aliphatic rings. The highest BCUT2D eigenvalue weighted by atomic mass is 16.5. The van der Waals surface area contributed by atoms with Gasteiger partial charge in [0.15, 0.2) is 11.5 Å². The molecule has 1 aromatic heterocycles. The van der Waals surface area contributed by atoms with Crippen molar-refractivity contribution in [1.82, 2.24) is 5.16 Å². The minimum atomic E-state index is -0.414. The molecule has 1 amide bonds. The van der Waals surface area contributed by atoms with Gasteiger partial charge in [-0.25, -0.2) is 4.79 Å². The van der Waals surface area contributed by atoms with E-state index in [0.29, 0.717) is 23.6 Å². The lowest BCUT2D eigenvalue weighted by atomic mass is 10.1. The Balaban J connectivity index is 1.68. The quantitative estimate of drug-likeness (QED) is 0.668. The van der Waals surface area contributed by atoms with Crippen molar-refractivity contribution in [2.45, 2.75) is 6.92 Å². The van der Waals surface area contributed by atoms with Crippen LogP contribution in [0.1, 0.15) is 27.8 Å². The molecule has 7 heteroatoms. The summed E-state index contributed by atoms with van der Waals surface area (Å²) in [6.45, 7) is 2.05. The van der Waals surface area contributed by atoms with E-state index in [-0.39, 0.29) is 5.69 Å². The van der Waals surface area contributed by atoms with Gasteiger partial charge in [-0.1, -0.05) is 5.16 Å². The maximum Gasteiger partial charge on any atom is 0.338 e. The highest BCUT2D eigenvalue weighted by Gasteiger charge is 2.14. The van der Waals surface area contributed by atoms with Gasteiger partial charge in [0.1, 0.15) is 5.75 Å². The van der Waals surface area contributed by atoms with Crippen molar-refractivity contribution in [2.75, 3.05) is 19.0 Å². The zero-order valence-corrected chi connectivity index (χ0v) is 14.9. The third kappa shape index (κ3) is 4.33. The summed E-state index contributed by atoms with van der Waals surface area (Å²) < 4.78 is 15.3. The van der Waals surface area contributed by atoms with E-state index in [4.69, 9.17) is 14.0 Å². The number of nitrogens with zero attached hydrogens (tertiary/aromatic N) is 1. The molecule has 0 saturated carbocycles.